The average Bonchev–Trinajstić information content (AvgIpc) is 4.03. The summed E-state index contributed by atoms with van der Waals surface area (Å²) in [6.45, 7) is 16.4. The minimum atomic E-state index is -0.945. The van der Waals surface area contributed by atoms with Crippen molar-refractivity contribution < 1.29 is 62.1 Å². The summed E-state index contributed by atoms with van der Waals surface area (Å²) in [5.74, 6) is -4.35. The number of carbonyl (C=O) groups is 9. The molecule has 4 aromatic rings. The average molecular weight is 1250 g/mol. The van der Waals surface area contributed by atoms with Gasteiger partial charge in [-0.15, -0.1) is 11.3 Å². The lowest BCUT2D eigenvalue weighted by Crippen LogP contribution is -2.50. The van der Waals surface area contributed by atoms with E-state index in [2.05, 4.69) is 31.2 Å². The van der Waals surface area contributed by atoms with Gasteiger partial charge in [-0.2, -0.15) is 0 Å². The van der Waals surface area contributed by atoms with Crippen LogP contribution in [0.1, 0.15) is 124 Å². The first-order valence-electron chi connectivity index (χ1n) is 31.3. The van der Waals surface area contributed by atoms with Crippen LogP contribution in [0.15, 0.2) is 97.2 Å². The minimum absolute atomic E-state index is 0.00318. The van der Waals surface area contributed by atoms with Gasteiger partial charge in [-0.3, -0.25) is 48.1 Å². The molecule has 20 heteroatoms. The van der Waals surface area contributed by atoms with Gasteiger partial charge in [0.15, 0.2) is 23.1 Å². The third-order valence-corrected chi connectivity index (χ3v) is 17.4. The van der Waals surface area contributed by atoms with Crippen LogP contribution in [0.4, 0.5) is 0 Å². The summed E-state index contributed by atoms with van der Waals surface area (Å²) in [6, 6.07) is 25.6. The maximum absolute atomic E-state index is 14.2. The number of amides is 4. The summed E-state index contributed by atoms with van der Waals surface area (Å²) < 4.78 is 21.2. The lowest BCUT2D eigenvalue weighted by molar-refractivity contribution is -0.136. The largest absolute Gasteiger partial charge is 0.384 e. The number of nitrogens with one attached hydrogen (secondary N) is 4. The highest BCUT2D eigenvalue weighted by molar-refractivity contribution is 7.13. The number of ether oxygens (including phenoxy) is 4. The van der Waals surface area contributed by atoms with Gasteiger partial charge in [0.1, 0.15) is 22.3 Å². The first kappa shape index (κ1) is 71.4. The molecule has 484 valence electrons. The van der Waals surface area contributed by atoms with Crippen LogP contribution in [0, 0.1) is 41.9 Å². The topological polar surface area (TPSA) is 258 Å². The molecule has 3 aliphatic rings. The Kier molecular flexibility index (Phi) is 28.1. The Morgan fingerprint density at radius 3 is 1.65 bits per heavy atom. The number of methoxy groups -OCH3 is 2. The fraction of sp³-hybridized carbons (Fsp3) is 0.565. The van der Waals surface area contributed by atoms with Gasteiger partial charge in [-0.1, -0.05) is 126 Å². The van der Waals surface area contributed by atoms with Crippen LogP contribution in [0.3, 0.4) is 0 Å². The van der Waals surface area contributed by atoms with Crippen molar-refractivity contribution >= 4 is 63.9 Å². The van der Waals surface area contributed by atoms with Gasteiger partial charge in [0.2, 0.25) is 17.7 Å². The number of benzene rings is 3. The fourth-order valence-corrected chi connectivity index (χ4v) is 11.6. The summed E-state index contributed by atoms with van der Waals surface area (Å²) >= 11 is 1.22. The Morgan fingerprint density at radius 2 is 1.11 bits per heavy atom. The Bertz CT molecular complexity index is 2960. The SMILES string of the molecule is CC(C)C[C@H](NC(=O)[C@H](CCc1ccccc1)CC(=O)CN1CCOCC1)C(=O)C[C@@H](Cc1ccccc1)C(=O)N[C@@H](CC(C)C)C(=O)[C@@]1(C)CO1.COC[C@H](CC(=O)[C@H](COC)NC(=O)c1cnc(C)s1)C(=O)N[C@@H](Cc1ccccc1)C(=O)C1(C)CC1. The van der Waals surface area contributed by atoms with Crippen LogP contribution in [0.2, 0.25) is 0 Å². The summed E-state index contributed by atoms with van der Waals surface area (Å²) in [7, 11) is 2.88. The van der Waals surface area contributed by atoms with E-state index in [1.54, 1.807) is 13.8 Å². The Balaban J connectivity index is 0.000000300. The zero-order chi connectivity index (χ0) is 64.7. The number of carbonyl (C=O) groups excluding carboxylic acids is 9. The van der Waals surface area contributed by atoms with Gasteiger partial charge in [0, 0.05) is 63.8 Å². The van der Waals surface area contributed by atoms with Gasteiger partial charge >= 0.3 is 0 Å². The molecule has 8 atom stereocenters. The number of hydrogen-bond donors (Lipinski definition) is 4. The van der Waals surface area contributed by atoms with Crippen LogP contribution >= 0.6 is 11.3 Å². The second kappa shape index (κ2) is 35.1. The molecular weight excluding hydrogens is 1150 g/mol. The molecule has 0 bridgehead atoms. The molecule has 1 saturated carbocycles. The normalized spacial score (nSPS) is 18.3. The monoisotopic (exact) mass is 1250 g/mol. The first-order chi connectivity index (χ1) is 42.5. The zero-order valence-electron chi connectivity index (χ0n) is 53.5. The van der Waals surface area contributed by atoms with Crippen molar-refractivity contribution in [2.45, 2.75) is 149 Å². The number of epoxide rings is 1. The van der Waals surface area contributed by atoms with Gasteiger partial charge in [0.25, 0.3) is 5.91 Å². The summed E-state index contributed by atoms with van der Waals surface area (Å²) in [5.41, 5.74) is 1.57. The van der Waals surface area contributed by atoms with Gasteiger partial charge in [-0.25, -0.2) is 4.98 Å². The number of ketones is 5. The molecule has 0 spiro atoms. The van der Waals surface area contributed by atoms with E-state index in [4.69, 9.17) is 18.9 Å². The highest BCUT2D eigenvalue weighted by Gasteiger charge is 2.51. The van der Waals surface area contributed by atoms with E-state index in [1.807, 2.05) is 126 Å². The summed E-state index contributed by atoms with van der Waals surface area (Å²) in [4.78, 5) is 128. The van der Waals surface area contributed by atoms with Crippen LogP contribution in [-0.4, -0.2) is 159 Å². The van der Waals surface area contributed by atoms with Crippen molar-refractivity contribution in [1.82, 2.24) is 31.2 Å². The van der Waals surface area contributed by atoms with Gasteiger partial charge < -0.3 is 40.2 Å². The molecule has 3 fully saturated rings. The molecule has 0 radical (unpaired) electrons. The Labute approximate surface area is 529 Å². The number of aryl methyl sites for hydroxylation is 2. The Morgan fingerprint density at radius 1 is 0.607 bits per heavy atom. The highest BCUT2D eigenvalue weighted by atomic mass is 32.1. The van der Waals surface area contributed by atoms with Crippen molar-refractivity contribution in [3.63, 3.8) is 0 Å². The van der Waals surface area contributed by atoms with Crippen molar-refractivity contribution in [2.24, 2.45) is 35.0 Å². The molecule has 89 heavy (non-hydrogen) atoms. The molecule has 2 saturated heterocycles. The lowest BCUT2D eigenvalue weighted by Gasteiger charge is -2.28. The number of thiazole rings is 1. The molecule has 0 unspecified atom stereocenters. The second-order valence-electron chi connectivity index (χ2n) is 25.4. The number of nitrogens with zero attached hydrogens (tertiary/aromatic N) is 2. The second-order valence-corrected chi connectivity index (χ2v) is 26.6. The number of aromatic nitrogens is 1. The first-order valence-corrected chi connectivity index (χ1v) is 32.1. The fourth-order valence-electron chi connectivity index (χ4n) is 10.9. The number of rotatable bonds is 37. The van der Waals surface area contributed by atoms with Crippen molar-refractivity contribution in [1.29, 1.82) is 0 Å². The maximum Gasteiger partial charge on any atom is 0.263 e. The predicted molar refractivity (Wildman–Crippen MR) is 340 cm³/mol. The summed E-state index contributed by atoms with van der Waals surface area (Å²) in [5, 5.41) is 12.3. The molecular formula is C69H94N6O13S. The number of Topliss-reactive ketones (excluding diaryl/α,β-unsaturated/α-hetero) is 5. The minimum Gasteiger partial charge on any atom is -0.384 e. The van der Waals surface area contributed by atoms with Gasteiger partial charge in [-0.05, 0) is 93.7 Å². The van der Waals surface area contributed by atoms with E-state index >= 15 is 0 Å². The van der Waals surface area contributed by atoms with E-state index in [1.165, 1.54) is 31.8 Å². The van der Waals surface area contributed by atoms with Gasteiger partial charge in [0.05, 0.1) is 74.8 Å². The molecule has 7 rings (SSSR count). The van der Waals surface area contributed by atoms with Crippen molar-refractivity contribution in [3.8, 4) is 0 Å². The quantitative estimate of drug-likeness (QED) is 0.0324. The number of hydrogen-bond acceptors (Lipinski definition) is 16. The molecule has 3 aromatic carbocycles. The lowest BCUT2D eigenvalue weighted by atomic mass is 9.87. The standard InChI is InChI=1S/C42H59N3O7.C27H35N3O6S/c1-29(2)22-36(43-40(49)33(17-16-31-12-8-6-9-13-31)25-35(46)27-45-18-20-51-21-19-45)38(47)26-34(24-32-14-10-7-11-15-32)41(50)44-37(23-30(3)4)39(48)42(5)28-52-42;1-17-28-14-23(37-17)26(34)30-21(16-36-4)22(31)13-19(15-35-3)25(33)29-20(24(32)27(2)10-11-27)12-18-8-6-5-7-9-18/h6-15,29-30,33-34,36-37H,16-28H2,1-5H3,(H,43,49)(H,44,50);5-9,14,19-21H,10-13,15-16H2,1-4H3,(H,29,33)(H,30,34)/t33-,34-,36+,37+,42-;19-,20-,21-/m10/s1. The van der Waals surface area contributed by atoms with E-state index in [0.717, 1.165) is 34.5 Å². The molecule has 4 amide bonds. The van der Waals surface area contributed by atoms with Crippen LogP contribution in [0.25, 0.3) is 0 Å². The van der Waals surface area contributed by atoms with Crippen LogP contribution < -0.4 is 21.3 Å². The molecule has 2 aliphatic heterocycles. The van der Waals surface area contributed by atoms with E-state index in [9.17, 15) is 43.2 Å². The Hall–Kier alpha value is -6.68. The van der Waals surface area contributed by atoms with E-state index in [-0.39, 0.29) is 91.6 Å². The zero-order valence-corrected chi connectivity index (χ0v) is 54.3. The third-order valence-electron chi connectivity index (χ3n) is 16.5. The predicted octanol–water partition coefficient (Wildman–Crippen LogP) is 7.28. The smallest absolute Gasteiger partial charge is 0.263 e. The van der Waals surface area contributed by atoms with E-state index in [0.29, 0.717) is 76.3 Å². The molecule has 19 nitrogen and oxygen atoms in total. The van der Waals surface area contributed by atoms with Crippen molar-refractivity contribution in [3.05, 3.63) is 124 Å². The third kappa shape index (κ3) is 23.6. The highest BCUT2D eigenvalue weighted by Crippen LogP contribution is 2.47. The molecule has 4 N–H and O–H groups in total. The van der Waals surface area contributed by atoms with Crippen molar-refractivity contribution in [2.75, 3.05) is 66.9 Å². The van der Waals surface area contributed by atoms with Crippen LogP contribution in [-0.2, 0) is 76.6 Å². The van der Waals surface area contributed by atoms with E-state index < -0.39 is 64.8 Å². The molecule has 3 heterocycles. The van der Waals surface area contributed by atoms with Crippen LogP contribution in [0.5, 0.6) is 0 Å². The molecule has 1 aromatic heterocycles. The maximum atomic E-state index is 14.2. The summed E-state index contributed by atoms with van der Waals surface area (Å²) in [6.07, 6.45) is 5.41. The molecule has 1 aliphatic carbocycles. The number of morpholine rings is 1.